The van der Waals surface area contributed by atoms with Crippen LogP contribution < -0.4 is 4.74 Å². The molecule has 102 valence electrons. The van der Waals surface area contributed by atoms with Crippen molar-refractivity contribution in [3.63, 3.8) is 0 Å². The summed E-state index contributed by atoms with van der Waals surface area (Å²) >= 11 is 5.85. The van der Waals surface area contributed by atoms with Crippen LogP contribution >= 0.6 is 11.6 Å². The zero-order chi connectivity index (χ0) is 14.3. The van der Waals surface area contributed by atoms with E-state index in [2.05, 4.69) is 9.97 Å². The van der Waals surface area contributed by atoms with Crippen LogP contribution in [0, 0.1) is 13.8 Å². The van der Waals surface area contributed by atoms with E-state index in [1.54, 1.807) is 19.2 Å². The van der Waals surface area contributed by atoms with Gasteiger partial charge in [-0.05, 0) is 49.2 Å². The average molecular weight is 289 g/mol. The number of pyridine rings is 1. The fourth-order valence-electron chi connectivity index (χ4n) is 2.31. The summed E-state index contributed by atoms with van der Waals surface area (Å²) in [5, 5.41) is 0.391. The van der Waals surface area contributed by atoms with Gasteiger partial charge in [-0.15, -0.1) is 0 Å². The van der Waals surface area contributed by atoms with E-state index in [1.165, 1.54) is 0 Å². The topological polar surface area (TPSA) is 48.2 Å². The maximum atomic E-state index is 5.85. The Hall–Kier alpha value is -2.07. The van der Waals surface area contributed by atoms with Crippen LogP contribution in [0.4, 0.5) is 0 Å². The molecule has 0 spiro atoms. The van der Waals surface area contributed by atoms with Gasteiger partial charge in [0.25, 0.3) is 0 Å². The molecular formula is C15H13ClN2O2. The molecule has 4 nitrogen and oxygen atoms in total. The molecule has 0 fully saturated rings. The molecule has 1 aromatic carbocycles. The van der Waals surface area contributed by atoms with Gasteiger partial charge >= 0.3 is 0 Å². The van der Waals surface area contributed by atoms with Crippen molar-refractivity contribution in [1.82, 2.24) is 9.97 Å². The van der Waals surface area contributed by atoms with Crippen LogP contribution in [0.25, 0.3) is 22.7 Å². The fourth-order valence-corrected chi connectivity index (χ4v) is 2.45. The van der Waals surface area contributed by atoms with Crippen molar-refractivity contribution in [2.45, 2.75) is 13.8 Å². The molecule has 0 aliphatic rings. The smallest absolute Gasteiger partial charge is 0.248 e. The monoisotopic (exact) mass is 288 g/mol. The Labute approximate surface area is 121 Å². The van der Waals surface area contributed by atoms with Crippen LogP contribution in [0.1, 0.15) is 11.1 Å². The summed E-state index contributed by atoms with van der Waals surface area (Å²) < 4.78 is 11.0. The molecule has 3 aromatic rings. The van der Waals surface area contributed by atoms with Crippen LogP contribution in [0.5, 0.6) is 5.75 Å². The normalized spacial score (nSPS) is 11.0. The number of methoxy groups -OCH3 is 1. The minimum atomic E-state index is 0.391. The number of rotatable bonds is 2. The van der Waals surface area contributed by atoms with Crippen molar-refractivity contribution in [3.8, 4) is 17.2 Å². The second kappa shape index (κ2) is 4.80. The minimum Gasteiger partial charge on any atom is -0.496 e. The second-order valence-corrected chi connectivity index (χ2v) is 5.01. The molecule has 3 rings (SSSR count). The molecule has 0 saturated heterocycles. The van der Waals surface area contributed by atoms with Gasteiger partial charge in [-0.25, -0.2) is 4.98 Å². The summed E-state index contributed by atoms with van der Waals surface area (Å²) in [5.74, 6) is 1.41. The van der Waals surface area contributed by atoms with E-state index in [0.717, 1.165) is 22.4 Å². The fraction of sp³-hybridized carbons (Fsp3) is 0.200. The predicted octanol–water partition coefficient (Wildman–Crippen LogP) is 4.17. The standard InChI is InChI=1S/C15H13ClN2O2/c1-8-6-10(7-9(2)13(8)19-3)14-17-11-4-5-12(16)18-15(11)20-14/h4-7H,1-3H3. The van der Waals surface area contributed by atoms with Crippen LogP contribution in [-0.4, -0.2) is 17.1 Å². The highest BCUT2D eigenvalue weighted by atomic mass is 35.5. The molecule has 0 radical (unpaired) electrons. The Bertz CT molecular complexity index is 773. The van der Waals surface area contributed by atoms with Crippen molar-refractivity contribution in [1.29, 1.82) is 0 Å². The molecule has 0 aliphatic heterocycles. The summed E-state index contributed by atoms with van der Waals surface area (Å²) in [6, 6.07) is 7.46. The molecular weight excluding hydrogens is 276 g/mol. The van der Waals surface area contributed by atoms with E-state index >= 15 is 0 Å². The van der Waals surface area contributed by atoms with Gasteiger partial charge in [-0.1, -0.05) is 11.6 Å². The molecule has 0 N–H and O–H groups in total. The molecule has 20 heavy (non-hydrogen) atoms. The molecule has 2 heterocycles. The number of nitrogens with zero attached hydrogens (tertiary/aromatic N) is 2. The van der Waals surface area contributed by atoms with E-state index < -0.39 is 0 Å². The Balaban J connectivity index is 2.15. The highest BCUT2D eigenvalue weighted by molar-refractivity contribution is 6.29. The Kier molecular flexibility index (Phi) is 3.10. The Morgan fingerprint density at radius 2 is 1.80 bits per heavy atom. The molecule has 2 aromatic heterocycles. The third-order valence-electron chi connectivity index (χ3n) is 3.13. The Morgan fingerprint density at radius 1 is 1.10 bits per heavy atom. The minimum absolute atomic E-state index is 0.391. The van der Waals surface area contributed by atoms with Crippen LogP contribution in [0.2, 0.25) is 5.15 Å². The van der Waals surface area contributed by atoms with Gasteiger partial charge in [0.1, 0.15) is 16.4 Å². The molecule has 0 unspecified atom stereocenters. The first-order chi connectivity index (χ1) is 9.58. The number of fused-ring (bicyclic) bond motifs is 1. The molecule has 0 saturated carbocycles. The first-order valence-electron chi connectivity index (χ1n) is 6.17. The summed E-state index contributed by atoms with van der Waals surface area (Å²) in [6.45, 7) is 3.99. The molecule has 0 aliphatic carbocycles. The third-order valence-corrected chi connectivity index (χ3v) is 3.34. The average Bonchev–Trinajstić information content (AvgIpc) is 2.81. The van der Waals surface area contributed by atoms with E-state index in [1.807, 2.05) is 26.0 Å². The predicted molar refractivity (Wildman–Crippen MR) is 78.3 cm³/mol. The van der Waals surface area contributed by atoms with Crippen molar-refractivity contribution in [2.75, 3.05) is 7.11 Å². The molecule has 0 atom stereocenters. The number of hydrogen-bond donors (Lipinski definition) is 0. The number of oxazole rings is 1. The van der Waals surface area contributed by atoms with Gasteiger partial charge in [0.05, 0.1) is 7.11 Å². The summed E-state index contributed by atoms with van der Waals surface area (Å²) in [5.41, 5.74) is 4.11. The summed E-state index contributed by atoms with van der Waals surface area (Å²) in [4.78, 5) is 8.55. The van der Waals surface area contributed by atoms with Gasteiger partial charge in [-0.3, -0.25) is 0 Å². The largest absolute Gasteiger partial charge is 0.496 e. The lowest BCUT2D eigenvalue weighted by Crippen LogP contribution is -1.92. The summed E-state index contributed by atoms with van der Waals surface area (Å²) in [6.07, 6.45) is 0. The SMILES string of the molecule is COc1c(C)cc(-c2nc3ccc(Cl)nc3o2)cc1C. The molecule has 0 bridgehead atoms. The lowest BCUT2D eigenvalue weighted by molar-refractivity contribution is 0.408. The molecule has 0 amide bonds. The van der Waals surface area contributed by atoms with Crippen LogP contribution in [-0.2, 0) is 0 Å². The van der Waals surface area contributed by atoms with Gasteiger partial charge in [0, 0.05) is 5.56 Å². The lowest BCUT2D eigenvalue weighted by atomic mass is 10.1. The number of benzene rings is 1. The second-order valence-electron chi connectivity index (χ2n) is 4.62. The lowest BCUT2D eigenvalue weighted by Gasteiger charge is -2.09. The first-order valence-corrected chi connectivity index (χ1v) is 6.55. The summed E-state index contributed by atoms with van der Waals surface area (Å²) in [7, 11) is 1.67. The van der Waals surface area contributed by atoms with Crippen LogP contribution in [0.15, 0.2) is 28.7 Å². The van der Waals surface area contributed by atoms with Crippen molar-refractivity contribution < 1.29 is 9.15 Å². The van der Waals surface area contributed by atoms with Gasteiger partial charge in [0.2, 0.25) is 11.6 Å². The number of ether oxygens (including phenoxy) is 1. The van der Waals surface area contributed by atoms with Crippen molar-refractivity contribution in [2.24, 2.45) is 0 Å². The number of hydrogen-bond acceptors (Lipinski definition) is 4. The molecule has 5 heteroatoms. The quantitative estimate of drug-likeness (QED) is 0.664. The number of halogens is 1. The Morgan fingerprint density at radius 3 is 2.45 bits per heavy atom. The van der Waals surface area contributed by atoms with E-state index in [9.17, 15) is 0 Å². The maximum absolute atomic E-state index is 5.85. The van der Waals surface area contributed by atoms with E-state index in [4.69, 9.17) is 20.8 Å². The van der Waals surface area contributed by atoms with Gasteiger partial charge < -0.3 is 9.15 Å². The first kappa shape index (κ1) is 12.9. The van der Waals surface area contributed by atoms with Gasteiger partial charge in [0.15, 0.2) is 0 Å². The third kappa shape index (κ3) is 2.12. The highest BCUT2D eigenvalue weighted by Gasteiger charge is 2.13. The maximum Gasteiger partial charge on any atom is 0.248 e. The van der Waals surface area contributed by atoms with Gasteiger partial charge in [-0.2, -0.15) is 4.98 Å². The highest BCUT2D eigenvalue weighted by Crippen LogP contribution is 2.31. The number of aryl methyl sites for hydroxylation is 2. The van der Waals surface area contributed by atoms with E-state index in [-0.39, 0.29) is 0 Å². The zero-order valence-electron chi connectivity index (χ0n) is 11.4. The van der Waals surface area contributed by atoms with E-state index in [0.29, 0.717) is 22.3 Å². The number of aromatic nitrogens is 2. The van der Waals surface area contributed by atoms with Crippen LogP contribution in [0.3, 0.4) is 0 Å². The van der Waals surface area contributed by atoms with Crippen molar-refractivity contribution >= 4 is 22.8 Å². The van der Waals surface area contributed by atoms with Crippen molar-refractivity contribution in [3.05, 3.63) is 40.5 Å². The zero-order valence-corrected chi connectivity index (χ0v) is 12.2.